The molecule has 0 amide bonds. The molecule has 0 aliphatic carbocycles. The average Bonchev–Trinajstić information content (AvgIpc) is 2.46. The highest BCUT2D eigenvalue weighted by Crippen LogP contribution is 2.01. The molecule has 0 atom stereocenters. The van der Waals surface area contributed by atoms with Crippen LogP contribution in [0.3, 0.4) is 0 Å². The lowest BCUT2D eigenvalue weighted by Crippen LogP contribution is -3.00. The van der Waals surface area contributed by atoms with E-state index >= 15 is 0 Å². The Morgan fingerprint density at radius 3 is 1.41 bits per heavy atom. The molecule has 0 saturated carbocycles. The van der Waals surface area contributed by atoms with Gasteiger partial charge in [0.2, 0.25) is 0 Å². The van der Waals surface area contributed by atoms with E-state index in [4.69, 9.17) is 0 Å². The van der Waals surface area contributed by atoms with Gasteiger partial charge in [-0.15, -0.1) is 0 Å². The number of nitrogens with zero attached hydrogens (tertiary/aromatic N) is 2. The van der Waals surface area contributed by atoms with Crippen molar-refractivity contribution in [2.45, 2.75) is 52.6 Å². The minimum Gasteiger partial charge on any atom is -1.00 e. The van der Waals surface area contributed by atoms with Gasteiger partial charge in [-0.1, -0.05) is 12.1 Å². The SMILES string of the molecule is Cc1cccc[n+]1CCCCCC[n+]1ccccc1C.[Br-].[Br-]. The van der Waals surface area contributed by atoms with Crippen molar-refractivity contribution in [3.63, 3.8) is 0 Å². The van der Waals surface area contributed by atoms with Gasteiger partial charge in [-0.3, -0.25) is 0 Å². The van der Waals surface area contributed by atoms with Crippen LogP contribution in [0, 0.1) is 13.8 Å². The summed E-state index contributed by atoms with van der Waals surface area (Å²) in [6.07, 6.45) is 9.53. The van der Waals surface area contributed by atoms with Crippen LogP contribution in [0.4, 0.5) is 0 Å². The number of aromatic nitrogens is 2. The Morgan fingerprint density at radius 1 is 0.636 bits per heavy atom. The molecule has 0 saturated heterocycles. The van der Waals surface area contributed by atoms with Gasteiger partial charge in [0, 0.05) is 51.0 Å². The fourth-order valence-electron chi connectivity index (χ4n) is 2.54. The van der Waals surface area contributed by atoms with E-state index in [1.807, 2.05) is 0 Å². The van der Waals surface area contributed by atoms with Crippen molar-refractivity contribution in [2.75, 3.05) is 0 Å². The second kappa shape index (κ2) is 11.8. The molecular weight excluding hydrogens is 404 g/mol. The lowest BCUT2D eigenvalue weighted by Gasteiger charge is -2.01. The summed E-state index contributed by atoms with van der Waals surface area (Å²) in [4.78, 5) is 0. The number of hydrogen-bond acceptors (Lipinski definition) is 0. The maximum absolute atomic E-state index is 2.34. The third-order valence-corrected chi connectivity index (χ3v) is 3.88. The zero-order valence-corrected chi connectivity index (χ0v) is 16.7. The molecule has 2 aromatic heterocycles. The highest BCUT2D eigenvalue weighted by Gasteiger charge is 2.05. The quantitative estimate of drug-likeness (QED) is 0.330. The molecule has 0 fully saturated rings. The van der Waals surface area contributed by atoms with Gasteiger partial charge in [0.15, 0.2) is 23.8 Å². The van der Waals surface area contributed by atoms with E-state index in [9.17, 15) is 0 Å². The van der Waals surface area contributed by atoms with Gasteiger partial charge in [0.1, 0.15) is 13.1 Å². The van der Waals surface area contributed by atoms with E-state index in [1.54, 1.807) is 0 Å². The first-order valence-corrected chi connectivity index (χ1v) is 7.67. The third kappa shape index (κ3) is 7.01. The van der Waals surface area contributed by atoms with E-state index in [0.29, 0.717) is 0 Å². The maximum atomic E-state index is 2.34. The van der Waals surface area contributed by atoms with Crippen LogP contribution < -0.4 is 43.1 Å². The smallest absolute Gasteiger partial charge is 0.178 e. The summed E-state index contributed by atoms with van der Waals surface area (Å²) in [5.74, 6) is 0. The largest absolute Gasteiger partial charge is 1.00 e. The highest BCUT2D eigenvalue weighted by molar-refractivity contribution is 4.94. The first kappa shape index (κ1) is 21.3. The van der Waals surface area contributed by atoms with E-state index < -0.39 is 0 Å². The molecule has 2 rings (SSSR count). The summed E-state index contributed by atoms with van der Waals surface area (Å²) in [6, 6.07) is 12.8. The van der Waals surface area contributed by atoms with E-state index in [1.165, 1.54) is 37.1 Å². The molecule has 2 nitrogen and oxygen atoms in total. The van der Waals surface area contributed by atoms with Crippen molar-refractivity contribution in [2.24, 2.45) is 0 Å². The van der Waals surface area contributed by atoms with Crippen LogP contribution >= 0.6 is 0 Å². The molecule has 0 aromatic carbocycles. The van der Waals surface area contributed by atoms with Crippen molar-refractivity contribution >= 4 is 0 Å². The topological polar surface area (TPSA) is 7.76 Å². The van der Waals surface area contributed by atoms with Crippen molar-refractivity contribution in [3.05, 3.63) is 60.2 Å². The average molecular weight is 430 g/mol. The van der Waals surface area contributed by atoms with Crippen LogP contribution in [0.25, 0.3) is 0 Å². The molecule has 0 radical (unpaired) electrons. The molecule has 122 valence electrons. The summed E-state index contributed by atoms with van der Waals surface area (Å²) in [6.45, 7) is 6.64. The fraction of sp³-hybridized carbons (Fsp3) is 0.444. The lowest BCUT2D eigenvalue weighted by molar-refractivity contribution is -0.704. The zero-order valence-electron chi connectivity index (χ0n) is 13.5. The van der Waals surface area contributed by atoms with Crippen molar-refractivity contribution < 1.29 is 43.1 Å². The summed E-state index contributed by atoms with van der Waals surface area (Å²) in [7, 11) is 0. The molecule has 2 heterocycles. The lowest BCUT2D eigenvalue weighted by atomic mass is 10.2. The third-order valence-electron chi connectivity index (χ3n) is 3.88. The maximum Gasteiger partial charge on any atom is 0.178 e. The van der Waals surface area contributed by atoms with Gasteiger partial charge >= 0.3 is 0 Å². The van der Waals surface area contributed by atoms with E-state index in [2.05, 4.69) is 71.8 Å². The van der Waals surface area contributed by atoms with Gasteiger partial charge in [-0.05, 0) is 12.8 Å². The van der Waals surface area contributed by atoms with Crippen LogP contribution in [0.2, 0.25) is 0 Å². The molecule has 0 N–H and O–H groups in total. The molecule has 2 aromatic rings. The Bertz CT molecular complexity index is 495. The van der Waals surface area contributed by atoms with Crippen LogP contribution in [0.1, 0.15) is 37.1 Å². The molecule has 22 heavy (non-hydrogen) atoms. The zero-order chi connectivity index (χ0) is 14.2. The predicted molar refractivity (Wildman–Crippen MR) is 81.2 cm³/mol. The normalized spacial score (nSPS) is 9.73. The Morgan fingerprint density at radius 2 is 1.05 bits per heavy atom. The molecular formula is C18H26Br2N2. The van der Waals surface area contributed by atoms with E-state index in [0.717, 1.165) is 13.1 Å². The Kier molecular flexibility index (Phi) is 11.4. The Hall–Kier alpha value is -0.740. The minimum atomic E-state index is 0. The summed E-state index contributed by atoms with van der Waals surface area (Å²) in [5, 5.41) is 0. The van der Waals surface area contributed by atoms with Crippen molar-refractivity contribution in [1.29, 1.82) is 0 Å². The Labute approximate surface area is 155 Å². The molecule has 0 bridgehead atoms. The van der Waals surface area contributed by atoms with Crippen LogP contribution in [-0.4, -0.2) is 0 Å². The number of unbranched alkanes of at least 4 members (excludes halogenated alkanes) is 3. The molecule has 0 spiro atoms. The van der Waals surface area contributed by atoms with Gasteiger partial charge in [0.25, 0.3) is 0 Å². The first-order chi connectivity index (χ1) is 9.77. The minimum absolute atomic E-state index is 0. The monoisotopic (exact) mass is 428 g/mol. The summed E-state index contributed by atoms with van der Waals surface area (Å²) >= 11 is 0. The Balaban J connectivity index is 0.00000220. The first-order valence-electron chi connectivity index (χ1n) is 7.67. The number of hydrogen-bond donors (Lipinski definition) is 0. The van der Waals surface area contributed by atoms with Gasteiger partial charge in [0.05, 0.1) is 0 Å². The number of halogens is 2. The van der Waals surface area contributed by atoms with Crippen LogP contribution in [0.5, 0.6) is 0 Å². The van der Waals surface area contributed by atoms with Gasteiger partial charge in [-0.25, -0.2) is 9.13 Å². The molecule has 4 heteroatoms. The molecule has 0 aliphatic rings. The summed E-state index contributed by atoms with van der Waals surface area (Å²) < 4.78 is 4.69. The van der Waals surface area contributed by atoms with Crippen LogP contribution in [-0.2, 0) is 13.1 Å². The number of rotatable bonds is 7. The van der Waals surface area contributed by atoms with Crippen molar-refractivity contribution in [3.8, 4) is 0 Å². The standard InChI is InChI=1S/C18H26N2.2BrH/c1-17-11-5-9-15-19(17)13-7-3-4-8-14-20-16-10-6-12-18(20)2;;/h5-6,9-12,15-16H,3-4,7-8,13-14H2,1-2H3;2*1H/q+2;;/p-2. The highest BCUT2D eigenvalue weighted by atomic mass is 79.9. The van der Waals surface area contributed by atoms with E-state index in [-0.39, 0.29) is 34.0 Å². The predicted octanol–water partition coefficient (Wildman–Crippen LogP) is -2.85. The molecule has 0 unspecified atom stereocenters. The van der Waals surface area contributed by atoms with Gasteiger partial charge in [-0.2, -0.15) is 0 Å². The fourth-order valence-corrected chi connectivity index (χ4v) is 2.54. The van der Waals surface area contributed by atoms with Crippen molar-refractivity contribution in [1.82, 2.24) is 0 Å². The van der Waals surface area contributed by atoms with Gasteiger partial charge < -0.3 is 34.0 Å². The second-order valence-corrected chi connectivity index (χ2v) is 5.49. The molecule has 0 aliphatic heterocycles. The summed E-state index contributed by atoms with van der Waals surface area (Å²) in [5.41, 5.74) is 2.70. The number of pyridine rings is 2. The van der Waals surface area contributed by atoms with Crippen LogP contribution in [0.15, 0.2) is 48.8 Å². The second-order valence-electron chi connectivity index (χ2n) is 5.49. The number of aryl methyl sites for hydroxylation is 4.